The summed E-state index contributed by atoms with van der Waals surface area (Å²) in [6.07, 6.45) is 0.306. The molecule has 5 N–H and O–H groups in total. The fraction of sp³-hybridized carbons (Fsp3) is 0.562. The Kier molecular flexibility index (Phi) is 7.36. The third kappa shape index (κ3) is 6.71. The molecule has 0 radical (unpaired) electrons. The highest BCUT2D eigenvalue weighted by molar-refractivity contribution is 5.73. The molecule has 1 aromatic rings. The van der Waals surface area contributed by atoms with E-state index in [4.69, 9.17) is 10.8 Å². The molecule has 0 bridgehead atoms. The first-order valence-corrected chi connectivity index (χ1v) is 7.34. The Morgan fingerprint density at radius 1 is 1.29 bits per heavy atom. The van der Waals surface area contributed by atoms with Crippen molar-refractivity contribution in [2.75, 3.05) is 6.54 Å². The van der Waals surface area contributed by atoms with Gasteiger partial charge >= 0.3 is 5.97 Å². The Morgan fingerprint density at radius 3 is 2.43 bits per heavy atom. The number of nitrogens with two attached hydrogens (primary N) is 1. The summed E-state index contributed by atoms with van der Waals surface area (Å²) in [7, 11) is 0. The van der Waals surface area contributed by atoms with Crippen LogP contribution >= 0.6 is 0 Å². The van der Waals surface area contributed by atoms with Crippen LogP contribution in [0.3, 0.4) is 0 Å². The van der Waals surface area contributed by atoms with E-state index in [2.05, 4.69) is 5.32 Å². The van der Waals surface area contributed by atoms with E-state index in [0.717, 1.165) is 5.56 Å². The molecule has 1 aromatic carbocycles. The van der Waals surface area contributed by atoms with E-state index >= 15 is 0 Å². The van der Waals surface area contributed by atoms with E-state index in [-0.39, 0.29) is 12.5 Å². The number of aliphatic carboxylic acids is 1. The molecule has 21 heavy (non-hydrogen) atoms. The van der Waals surface area contributed by atoms with Crippen LogP contribution in [0.2, 0.25) is 0 Å². The van der Waals surface area contributed by atoms with Crippen LogP contribution in [0.1, 0.15) is 25.8 Å². The second-order valence-electron chi connectivity index (χ2n) is 5.85. The van der Waals surface area contributed by atoms with Gasteiger partial charge in [-0.2, -0.15) is 0 Å². The number of carboxylic acid groups (broad SMARTS) is 1. The molecule has 0 amide bonds. The molecule has 0 aliphatic rings. The molecule has 3 atom stereocenters. The molecule has 0 saturated carbocycles. The van der Waals surface area contributed by atoms with Crippen molar-refractivity contribution >= 4 is 5.97 Å². The molecule has 0 saturated heterocycles. The first-order chi connectivity index (χ1) is 9.90. The van der Waals surface area contributed by atoms with Crippen molar-refractivity contribution in [1.82, 2.24) is 5.32 Å². The van der Waals surface area contributed by atoms with E-state index in [1.807, 2.05) is 44.2 Å². The zero-order valence-electron chi connectivity index (χ0n) is 12.7. The summed E-state index contributed by atoms with van der Waals surface area (Å²) in [5.74, 6) is -0.624. The summed E-state index contributed by atoms with van der Waals surface area (Å²) in [5, 5.41) is 22.1. The first-order valence-electron chi connectivity index (χ1n) is 7.34. The van der Waals surface area contributed by atoms with Crippen LogP contribution in [-0.4, -0.2) is 40.9 Å². The van der Waals surface area contributed by atoms with Gasteiger partial charge in [0, 0.05) is 12.6 Å². The standard InChI is InChI=1S/C16H26N2O3/c1-11(2)8-14(16(20)21)18-10-15(19)13(17)9-12-6-4-3-5-7-12/h3-7,11,13-15,18-19H,8-10,17H2,1-2H3,(H,20,21)/t13-,14+,15-/m1/s1. The molecular formula is C16H26N2O3. The summed E-state index contributed by atoms with van der Waals surface area (Å²) in [4.78, 5) is 11.1. The van der Waals surface area contributed by atoms with Gasteiger partial charge in [-0.05, 0) is 24.3 Å². The lowest BCUT2D eigenvalue weighted by Crippen LogP contribution is -2.48. The number of rotatable bonds is 9. The minimum absolute atomic E-state index is 0.178. The minimum atomic E-state index is -0.896. The van der Waals surface area contributed by atoms with Crippen molar-refractivity contribution in [2.24, 2.45) is 11.7 Å². The van der Waals surface area contributed by atoms with E-state index < -0.39 is 24.2 Å². The molecule has 0 aliphatic heterocycles. The van der Waals surface area contributed by atoms with Crippen LogP contribution in [-0.2, 0) is 11.2 Å². The number of hydrogen-bond acceptors (Lipinski definition) is 4. The highest BCUT2D eigenvalue weighted by atomic mass is 16.4. The van der Waals surface area contributed by atoms with Crippen LogP contribution in [0.25, 0.3) is 0 Å². The monoisotopic (exact) mass is 294 g/mol. The molecule has 5 heteroatoms. The van der Waals surface area contributed by atoms with Gasteiger partial charge in [0.25, 0.3) is 0 Å². The normalized spacial score (nSPS) is 15.7. The van der Waals surface area contributed by atoms with Gasteiger partial charge in [-0.15, -0.1) is 0 Å². The van der Waals surface area contributed by atoms with Crippen LogP contribution < -0.4 is 11.1 Å². The van der Waals surface area contributed by atoms with Gasteiger partial charge < -0.3 is 21.3 Å². The predicted octanol–water partition coefficient (Wildman–Crippen LogP) is 1.01. The second-order valence-corrected chi connectivity index (χ2v) is 5.85. The van der Waals surface area contributed by atoms with Crippen molar-refractivity contribution in [1.29, 1.82) is 0 Å². The van der Waals surface area contributed by atoms with Gasteiger partial charge in [-0.3, -0.25) is 4.79 Å². The largest absolute Gasteiger partial charge is 0.480 e. The molecular weight excluding hydrogens is 268 g/mol. The number of benzene rings is 1. The van der Waals surface area contributed by atoms with Crippen molar-refractivity contribution in [3.8, 4) is 0 Å². The van der Waals surface area contributed by atoms with Crippen molar-refractivity contribution < 1.29 is 15.0 Å². The lowest BCUT2D eigenvalue weighted by atomic mass is 10.0. The SMILES string of the molecule is CC(C)C[C@H](NC[C@@H](O)[C@H](N)Cc1ccccc1)C(=O)O. The Bertz CT molecular complexity index is 423. The lowest BCUT2D eigenvalue weighted by molar-refractivity contribution is -0.140. The smallest absolute Gasteiger partial charge is 0.320 e. The predicted molar refractivity (Wildman–Crippen MR) is 83.0 cm³/mol. The number of aliphatic hydroxyl groups is 1. The maximum absolute atomic E-state index is 11.1. The molecule has 0 spiro atoms. The number of hydrogen-bond donors (Lipinski definition) is 4. The van der Waals surface area contributed by atoms with E-state index in [1.165, 1.54) is 0 Å². The molecule has 0 aliphatic carbocycles. The van der Waals surface area contributed by atoms with Gasteiger partial charge in [0.1, 0.15) is 6.04 Å². The minimum Gasteiger partial charge on any atom is -0.480 e. The summed E-state index contributed by atoms with van der Waals surface area (Å²) >= 11 is 0. The van der Waals surface area contributed by atoms with Gasteiger partial charge in [0.2, 0.25) is 0 Å². The highest BCUT2D eigenvalue weighted by Gasteiger charge is 2.21. The quantitative estimate of drug-likeness (QED) is 0.545. The maximum Gasteiger partial charge on any atom is 0.320 e. The summed E-state index contributed by atoms with van der Waals surface area (Å²) in [6, 6.07) is 8.62. The third-order valence-corrected chi connectivity index (χ3v) is 3.39. The second kappa shape index (κ2) is 8.77. The Morgan fingerprint density at radius 2 is 1.90 bits per heavy atom. The maximum atomic E-state index is 11.1. The average molecular weight is 294 g/mol. The average Bonchev–Trinajstić information content (AvgIpc) is 2.43. The first kappa shape index (κ1) is 17.6. The number of carboxylic acids is 1. The number of nitrogens with one attached hydrogen (secondary N) is 1. The van der Waals surface area contributed by atoms with Crippen LogP contribution in [0, 0.1) is 5.92 Å². The highest BCUT2D eigenvalue weighted by Crippen LogP contribution is 2.07. The molecule has 1 rings (SSSR count). The van der Waals surface area contributed by atoms with Gasteiger partial charge in [0.05, 0.1) is 6.10 Å². The van der Waals surface area contributed by atoms with E-state index in [9.17, 15) is 9.90 Å². The fourth-order valence-corrected chi connectivity index (χ4v) is 2.18. The van der Waals surface area contributed by atoms with Crippen molar-refractivity contribution in [2.45, 2.75) is 44.9 Å². The number of carbonyl (C=O) groups is 1. The third-order valence-electron chi connectivity index (χ3n) is 3.39. The molecule has 5 nitrogen and oxygen atoms in total. The van der Waals surface area contributed by atoms with Gasteiger partial charge in [-0.25, -0.2) is 0 Å². The zero-order chi connectivity index (χ0) is 15.8. The summed E-state index contributed by atoms with van der Waals surface area (Å²) in [5.41, 5.74) is 7.03. The zero-order valence-corrected chi connectivity index (χ0v) is 12.7. The topological polar surface area (TPSA) is 95.6 Å². The van der Waals surface area contributed by atoms with Crippen LogP contribution in [0.4, 0.5) is 0 Å². The van der Waals surface area contributed by atoms with Crippen molar-refractivity contribution in [3.63, 3.8) is 0 Å². The van der Waals surface area contributed by atoms with Crippen LogP contribution in [0.15, 0.2) is 30.3 Å². The van der Waals surface area contributed by atoms with Crippen molar-refractivity contribution in [3.05, 3.63) is 35.9 Å². The molecule has 0 fully saturated rings. The van der Waals surface area contributed by atoms with E-state index in [0.29, 0.717) is 12.8 Å². The van der Waals surface area contributed by atoms with Crippen LogP contribution in [0.5, 0.6) is 0 Å². The molecule has 0 aromatic heterocycles. The Labute approximate surface area is 126 Å². The fourth-order valence-electron chi connectivity index (χ4n) is 2.18. The Hall–Kier alpha value is -1.43. The number of aliphatic hydroxyl groups excluding tert-OH is 1. The lowest BCUT2D eigenvalue weighted by Gasteiger charge is -2.22. The Balaban J connectivity index is 2.44. The van der Waals surface area contributed by atoms with E-state index in [1.54, 1.807) is 0 Å². The molecule has 0 heterocycles. The summed E-state index contributed by atoms with van der Waals surface area (Å²) < 4.78 is 0. The summed E-state index contributed by atoms with van der Waals surface area (Å²) in [6.45, 7) is 4.11. The molecule has 0 unspecified atom stereocenters. The molecule has 118 valence electrons. The van der Waals surface area contributed by atoms with Gasteiger partial charge in [0.15, 0.2) is 0 Å². The van der Waals surface area contributed by atoms with Gasteiger partial charge in [-0.1, -0.05) is 44.2 Å².